The van der Waals surface area contributed by atoms with Crippen LogP contribution in [-0.4, -0.2) is 70.2 Å². The van der Waals surface area contributed by atoms with Crippen LogP contribution in [0.1, 0.15) is 46.7 Å². The number of fused-ring (bicyclic) bond motifs is 3. The van der Waals surface area contributed by atoms with Crippen LogP contribution in [0, 0.1) is 5.82 Å². The zero-order valence-corrected chi connectivity index (χ0v) is 27.7. The van der Waals surface area contributed by atoms with Crippen LogP contribution in [0.25, 0.3) is 10.8 Å². The number of amides is 1. The normalized spacial score (nSPS) is 17.0. The summed E-state index contributed by atoms with van der Waals surface area (Å²) in [4.78, 5) is 17.8. The number of piperidine rings is 1. The molecule has 6 nitrogen and oxygen atoms in total. The summed E-state index contributed by atoms with van der Waals surface area (Å²) >= 11 is 12.7. The number of anilines is 1. The van der Waals surface area contributed by atoms with Gasteiger partial charge in [-0.1, -0.05) is 71.7 Å². The minimum absolute atomic E-state index is 0.0238. The van der Waals surface area contributed by atoms with Crippen molar-refractivity contribution in [2.45, 2.75) is 30.6 Å². The lowest BCUT2D eigenvalue weighted by Crippen LogP contribution is -2.46. The van der Waals surface area contributed by atoms with Crippen LogP contribution in [0.5, 0.6) is 0 Å². The lowest BCUT2D eigenvalue weighted by molar-refractivity contribution is 0.0782. The summed E-state index contributed by atoms with van der Waals surface area (Å²) in [7, 11) is -1.59. The summed E-state index contributed by atoms with van der Waals surface area (Å²) in [6.45, 7) is 3.42. The molecule has 0 aromatic heterocycles. The fourth-order valence-electron chi connectivity index (χ4n) is 7.05. The fraction of sp³-hybridized carbons (Fsp3) is 0.343. The van der Waals surface area contributed by atoms with E-state index in [0.29, 0.717) is 39.5 Å². The maximum absolute atomic E-state index is 14.5. The molecule has 236 valence electrons. The molecule has 2 aliphatic rings. The molecule has 1 atom stereocenters. The maximum Gasteiger partial charge on any atom is 0.254 e. The predicted octanol–water partition coefficient (Wildman–Crippen LogP) is 7.35. The van der Waals surface area contributed by atoms with E-state index in [9.17, 15) is 17.6 Å². The number of rotatable bonds is 8. The summed E-state index contributed by atoms with van der Waals surface area (Å²) in [5.74, 6) is -0.553. The van der Waals surface area contributed by atoms with Gasteiger partial charge in [0.1, 0.15) is 5.82 Å². The number of sulfonamides is 1. The molecule has 2 heterocycles. The molecule has 0 bridgehead atoms. The standard InChI is InChI=1S/C35H36Cl2FN3O3S/c1-39(34(42)28-12-14-32(38)27-8-4-3-7-26(27)28)22-25(24-11-13-30(36)31(37)21-24)15-18-40-19-16-35(17-20-40)23-41(45(2,43)44)33-10-6-5-9-29(33)35/h3-14,21,25H,15-20,22-23H2,1-2H3. The van der Waals surface area contributed by atoms with Gasteiger partial charge in [0.15, 0.2) is 0 Å². The molecule has 1 unspecified atom stereocenters. The van der Waals surface area contributed by atoms with Crippen molar-refractivity contribution in [1.82, 2.24) is 9.80 Å². The Morgan fingerprint density at radius 2 is 1.64 bits per heavy atom. The molecule has 6 rings (SSSR count). The second-order valence-electron chi connectivity index (χ2n) is 12.4. The summed E-state index contributed by atoms with van der Waals surface area (Å²) in [6.07, 6.45) is 3.78. The molecule has 1 amide bonds. The van der Waals surface area contributed by atoms with Crippen molar-refractivity contribution in [2.75, 3.05) is 50.3 Å². The highest BCUT2D eigenvalue weighted by atomic mass is 35.5. The lowest BCUT2D eigenvalue weighted by Gasteiger charge is -2.40. The fourth-order valence-corrected chi connectivity index (χ4v) is 8.35. The molecule has 0 N–H and O–H groups in total. The summed E-state index contributed by atoms with van der Waals surface area (Å²) in [5, 5.41) is 1.95. The average Bonchev–Trinajstić information content (AvgIpc) is 3.36. The van der Waals surface area contributed by atoms with Gasteiger partial charge < -0.3 is 9.80 Å². The lowest BCUT2D eigenvalue weighted by atomic mass is 9.74. The van der Waals surface area contributed by atoms with E-state index < -0.39 is 10.0 Å². The van der Waals surface area contributed by atoms with E-state index in [-0.39, 0.29) is 23.1 Å². The molecule has 1 fully saturated rings. The first-order valence-corrected chi connectivity index (χ1v) is 17.7. The van der Waals surface area contributed by atoms with E-state index in [1.165, 1.54) is 12.3 Å². The largest absolute Gasteiger partial charge is 0.341 e. The zero-order chi connectivity index (χ0) is 31.9. The third kappa shape index (κ3) is 6.30. The van der Waals surface area contributed by atoms with Gasteiger partial charge in [-0.15, -0.1) is 0 Å². The Morgan fingerprint density at radius 3 is 2.36 bits per heavy atom. The van der Waals surface area contributed by atoms with Gasteiger partial charge in [0.2, 0.25) is 10.0 Å². The Kier molecular flexibility index (Phi) is 8.87. The van der Waals surface area contributed by atoms with Crippen molar-refractivity contribution in [3.8, 4) is 0 Å². The number of hydrogen-bond acceptors (Lipinski definition) is 4. The van der Waals surface area contributed by atoms with Crippen molar-refractivity contribution >= 4 is 55.6 Å². The number of likely N-dealkylation sites (tertiary alicyclic amines) is 1. The molecule has 4 aromatic carbocycles. The first kappa shape index (κ1) is 31.8. The Morgan fingerprint density at radius 1 is 0.956 bits per heavy atom. The highest BCUT2D eigenvalue weighted by Gasteiger charge is 2.46. The second kappa shape index (κ2) is 12.6. The summed E-state index contributed by atoms with van der Waals surface area (Å²) < 4.78 is 41.2. The molecular formula is C35H36Cl2FN3O3S. The quantitative estimate of drug-likeness (QED) is 0.197. The molecule has 4 aromatic rings. The number of benzene rings is 4. The molecule has 1 spiro atoms. The summed E-state index contributed by atoms with van der Waals surface area (Å²) in [5.41, 5.74) is 3.19. The van der Waals surface area contributed by atoms with Crippen LogP contribution in [0.15, 0.2) is 78.9 Å². The molecule has 1 saturated heterocycles. The van der Waals surface area contributed by atoms with E-state index in [2.05, 4.69) is 11.0 Å². The van der Waals surface area contributed by atoms with Crippen molar-refractivity contribution in [3.63, 3.8) is 0 Å². The third-order valence-corrected chi connectivity index (χ3v) is 11.4. The van der Waals surface area contributed by atoms with E-state index in [4.69, 9.17) is 23.2 Å². The topological polar surface area (TPSA) is 60.9 Å². The van der Waals surface area contributed by atoms with Gasteiger partial charge in [-0.05, 0) is 85.7 Å². The molecular weight excluding hydrogens is 632 g/mol. The van der Waals surface area contributed by atoms with Crippen LogP contribution in [0.4, 0.5) is 10.1 Å². The smallest absolute Gasteiger partial charge is 0.254 e. The van der Waals surface area contributed by atoms with Gasteiger partial charge in [-0.2, -0.15) is 0 Å². The van der Waals surface area contributed by atoms with E-state index in [1.807, 2.05) is 36.4 Å². The van der Waals surface area contributed by atoms with Gasteiger partial charge >= 0.3 is 0 Å². The predicted molar refractivity (Wildman–Crippen MR) is 181 cm³/mol. The molecule has 2 aliphatic heterocycles. The highest BCUT2D eigenvalue weighted by molar-refractivity contribution is 7.92. The van der Waals surface area contributed by atoms with Crippen molar-refractivity contribution < 1.29 is 17.6 Å². The van der Waals surface area contributed by atoms with Gasteiger partial charge in [-0.3, -0.25) is 9.10 Å². The first-order chi connectivity index (χ1) is 21.5. The minimum atomic E-state index is -3.37. The van der Waals surface area contributed by atoms with Crippen molar-refractivity contribution in [3.05, 3.63) is 111 Å². The van der Waals surface area contributed by atoms with Crippen molar-refractivity contribution in [1.29, 1.82) is 0 Å². The van der Waals surface area contributed by atoms with Crippen LogP contribution in [0.3, 0.4) is 0 Å². The Hall–Kier alpha value is -3.17. The number of para-hydroxylation sites is 1. The van der Waals surface area contributed by atoms with Crippen LogP contribution >= 0.6 is 23.2 Å². The molecule has 10 heteroatoms. The first-order valence-electron chi connectivity index (χ1n) is 15.1. The van der Waals surface area contributed by atoms with E-state index >= 15 is 0 Å². The summed E-state index contributed by atoms with van der Waals surface area (Å²) in [6, 6.07) is 23.4. The number of carbonyl (C=O) groups excluding carboxylic acids is 1. The van der Waals surface area contributed by atoms with Gasteiger partial charge in [0, 0.05) is 42.4 Å². The molecule has 45 heavy (non-hydrogen) atoms. The maximum atomic E-state index is 14.5. The third-order valence-electron chi connectivity index (χ3n) is 9.55. The Labute approximate surface area is 274 Å². The van der Waals surface area contributed by atoms with Crippen LogP contribution < -0.4 is 4.31 Å². The average molecular weight is 669 g/mol. The Bertz CT molecular complexity index is 1860. The Balaban J connectivity index is 1.18. The van der Waals surface area contributed by atoms with Crippen LogP contribution in [-0.2, 0) is 15.4 Å². The van der Waals surface area contributed by atoms with E-state index in [0.717, 1.165) is 55.7 Å². The zero-order valence-electron chi connectivity index (χ0n) is 25.3. The number of halogens is 3. The SMILES string of the molecule is CN(CC(CCN1CCC2(CC1)CN(S(C)(=O)=O)c1ccccc12)c1ccc(Cl)c(Cl)c1)C(=O)c1ccc(F)c2ccccc12. The van der Waals surface area contributed by atoms with Gasteiger partial charge in [-0.25, -0.2) is 12.8 Å². The monoisotopic (exact) mass is 667 g/mol. The number of hydrogen-bond donors (Lipinski definition) is 0. The van der Waals surface area contributed by atoms with Gasteiger partial charge in [0.05, 0.1) is 22.0 Å². The number of carbonyl (C=O) groups is 1. The molecule has 0 saturated carbocycles. The highest BCUT2D eigenvalue weighted by Crippen LogP contribution is 2.48. The van der Waals surface area contributed by atoms with E-state index in [1.54, 1.807) is 46.6 Å². The number of likely N-dealkylation sites (N-methyl/N-ethyl adjacent to an activating group) is 1. The van der Waals surface area contributed by atoms with Gasteiger partial charge in [0.25, 0.3) is 5.91 Å². The second-order valence-corrected chi connectivity index (χ2v) is 15.1. The minimum Gasteiger partial charge on any atom is -0.341 e. The molecule has 0 radical (unpaired) electrons. The van der Waals surface area contributed by atoms with Crippen molar-refractivity contribution in [2.24, 2.45) is 0 Å². The van der Waals surface area contributed by atoms with Crippen LogP contribution in [0.2, 0.25) is 10.0 Å². The molecule has 0 aliphatic carbocycles. The number of nitrogens with zero attached hydrogens (tertiary/aromatic N) is 3.